The minimum absolute atomic E-state index is 0.0790. The molecule has 0 saturated heterocycles. The number of hydrogen-bond acceptors (Lipinski definition) is 34. The first-order chi connectivity index (χ1) is 61.1. The van der Waals surface area contributed by atoms with Gasteiger partial charge in [0.25, 0.3) is 0 Å². The molecule has 13 N–H and O–H groups in total. The Balaban J connectivity index is 0.000000191. The second-order valence-corrected chi connectivity index (χ2v) is 36.8. The van der Waals surface area contributed by atoms with E-state index in [0.717, 1.165) is 126 Å². The van der Waals surface area contributed by atoms with Gasteiger partial charge in [-0.15, -0.1) is 47.7 Å². The van der Waals surface area contributed by atoms with E-state index < -0.39 is 0 Å². The zero-order valence-corrected chi connectivity index (χ0v) is 80.5. The standard InChI is InChI=1S/C17H19N5OS.C17H24N4OS.C16H16N4.C15H21N5O.C15H20N4OS.C15H14N4S/c1-9(2)12-7-20-13(17-21-6-10(3)24-17)5-14(12)23-15-8-19-11(4)22-16(15)18;1-10(2)12-8-20-15(23-17(4,5)6)7-13(12)22-14-9-19-11(3)21-16(14)18;1-5-14-7-12(15(9-19-14)10(2)3)6-13-8-18-11(4)20-16(13)17;1-5-17-14-6-12(11(7-19-14)9(2)3)21-13-8-18-10(4)20-15(13)16;1-5-21-14-6-12(11(7-18-14)9(2)3)20-13-8-17-10(4)19-15(13)16;1-5-11-6-13(12(7-18-11)9(2)3)20-14-8-17-10(4)19-15(14)16/h5-9H,1-4H3,(H2,18,19,22);7-10H,1-6H3,(H2,18,19,21);1,7-9H,2,6H2,3-4H3,(H2,17,18,20);6-9H,5H2,1-4H3,(H,17,19)(H2,16,18,20);6-9H,5H2,1-4H3,(H2,16,17,19);1,6-8H,2H2,3-4H3,(H2,16,17,19). The number of thiazole rings is 1. The van der Waals surface area contributed by atoms with Gasteiger partial charge < -0.3 is 58.7 Å². The molecule has 0 atom stereocenters. The van der Waals surface area contributed by atoms with Crippen LogP contribution in [-0.4, -0.2) is 112 Å². The fourth-order valence-electron chi connectivity index (χ4n) is 11.6. The van der Waals surface area contributed by atoms with E-state index >= 15 is 0 Å². The molecule has 0 aliphatic heterocycles. The van der Waals surface area contributed by atoms with Crippen molar-refractivity contribution in [2.45, 2.75) is 207 Å². The Kier molecular flexibility index (Phi) is 37.0. The molecule has 0 aliphatic carbocycles. The first-order valence-corrected chi connectivity index (χ1v) is 44.7. The smallest absolute Gasteiger partial charge is 0.187 e. The molecular weight excluding hydrogens is 1700 g/mol. The predicted octanol–water partition coefficient (Wildman–Crippen LogP) is 20.9. The Morgan fingerprint density at radius 3 is 1.22 bits per heavy atom. The number of allylic oxidation sites excluding steroid dienone is 2. The molecule has 0 fully saturated rings. The molecule has 13 aromatic heterocycles. The van der Waals surface area contributed by atoms with E-state index in [4.69, 9.17) is 66.2 Å². The van der Waals surface area contributed by atoms with Crippen LogP contribution in [-0.2, 0) is 6.42 Å². The second kappa shape index (κ2) is 47.3. The summed E-state index contributed by atoms with van der Waals surface area (Å²) < 4.78 is 24.0. The van der Waals surface area contributed by atoms with E-state index in [1.165, 1.54) is 11.8 Å². The molecule has 672 valence electrons. The van der Waals surface area contributed by atoms with Crippen LogP contribution in [0.1, 0.15) is 223 Å². The maximum Gasteiger partial charge on any atom is 0.187 e. The molecule has 0 aliphatic rings. The number of nitrogens with one attached hydrogen (secondary N) is 1. The number of terminal acetylenes is 2. The summed E-state index contributed by atoms with van der Waals surface area (Å²) in [4.78, 5) is 83.3. The van der Waals surface area contributed by atoms with Crippen molar-refractivity contribution in [1.82, 2.24) is 94.7 Å². The lowest BCUT2D eigenvalue weighted by Gasteiger charge is -2.19. The van der Waals surface area contributed by atoms with E-state index in [1.807, 2.05) is 102 Å². The number of rotatable bonds is 24. The van der Waals surface area contributed by atoms with Crippen LogP contribution >= 0.6 is 46.6 Å². The average Bonchev–Trinajstić information content (AvgIpc) is 1.78. The highest BCUT2D eigenvalue weighted by atomic mass is 32.2. The van der Waals surface area contributed by atoms with Gasteiger partial charge in [0.1, 0.15) is 103 Å². The summed E-state index contributed by atoms with van der Waals surface area (Å²) in [7, 11) is 0. The molecule has 0 spiro atoms. The molecule has 0 amide bonds. The molecule has 13 heterocycles. The van der Waals surface area contributed by atoms with E-state index in [2.05, 4.69) is 208 Å². The lowest BCUT2D eigenvalue weighted by atomic mass is 9.98. The van der Waals surface area contributed by atoms with E-state index in [1.54, 1.807) is 119 Å². The third-order valence-electron chi connectivity index (χ3n) is 18.0. The van der Waals surface area contributed by atoms with Crippen LogP contribution < -0.4 is 58.7 Å². The van der Waals surface area contributed by atoms with Crippen molar-refractivity contribution in [3.63, 3.8) is 0 Å². The predicted molar refractivity (Wildman–Crippen MR) is 523 cm³/mol. The van der Waals surface area contributed by atoms with Gasteiger partial charge in [-0.05, 0) is 133 Å². The van der Waals surface area contributed by atoms with Gasteiger partial charge in [0.2, 0.25) is 0 Å². The van der Waals surface area contributed by atoms with E-state index in [9.17, 15) is 0 Å². The van der Waals surface area contributed by atoms with Crippen LogP contribution in [0, 0.1) is 73.2 Å². The van der Waals surface area contributed by atoms with Gasteiger partial charge >= 0.3 is 0 Å². The molecule has 34 heteroatoms. The van der Waals surface area contributed by atoms with Crippen LogP contribution in [0.2, 0.25) is 0 Å². The van der Waals surface area contributed by atoms with Crippen LogP contribution in [0.3, 0.4) is 0 Å². The Morgan fingerprint density at radius 2 is 0.814 bits per heavy atom. The Hall–Kier alpha value is -13.5. The normalized spacial score (nSPS) is 10.8. The summed E-state index contributed by atoms with van der Waals surface area (Å²) >= 11 is 6.43. The first kappa shape index (κ1) is 101. The lowest BCUT2D eigenvalue weighted by Crippen LogP contribution is -2.08. The van der Waals surface area contributed by atoms with Crippen molar-refractivity contribution in [1.29, 1.82) is 0 Å². The average molecular weight is 1810 g/mol. The summed E-state index contributed by atoms with van der Waals surface area (Å²) in [6.07, 6.45) is 34.0. The van der Waals surface area contributed by atoms with Crippen molar-refractivity contribution < 1.29 is 18.9 Å². The number of ether oxygens (including phenoxy) is 4. The van der Waals surface area contributed by atoms with Gasteiger partial charge in [0.05, 0.1) is 34.7 Å². The monoisotopic (exact) mass is 1810 g/mol. The quantitative estimate of drug-likeness (QED) is 0.0218. The largest absolute Gasteiger partial charge is 0.451 e. The number of nitrogens with zero attached hydrogens (tertiary/aromatic N) is 19. The molecule has 30 nitrogen and oxygen atoms in total. The summed E-state index contributed by atoms with van der Waals surface area (Å²) in [6.45, 7) is 52.7. The zero-order valence-electron chi connectivity index (χ0n) is 77.2. The van der Waals surface area contributed by atoms with Gasteiger partial charge in [-0.25, -0.2) is 89.7 Å². The molecule has 0 radical (unpaired) electrons. The molecular formula is C95H114N26O4S4. The number of pyridine rings is 6. The molecule has 0 saturated carbocycles. The van der Waals surface area contributed by atoms with Crippen LogP contribution in [0.5, 0.6) is 46.0 Å². The summed E-state index contributed by atoms with van der Waals surface area (Å²) in [5.74, 6) is 18.8. The fraction of sp³-hybridized carbons (Fsp3) is 0.316. The molecule has 129 heavy (non-hydrogen) atoms. The molecule has 13 aromatic rings. The molecule has 0 unspecified atom stereocenters. The van der Waals surface area contributed by atoms with Gasteiger partial charge in [-0.2, -0.15) is 0 Å². The number of hydrogen-bond donors (Lipinski definition) is 7. The molecule has 13 rings (SSSR count). The highest BCUT2D eigenvalue weighted by molar-refractivity contribution is 8.00. The third-order valence-corrected chi connectivity index (χ3v) is 21.9. The molecule has 0 bridgehead atoms. The number of nitrogens with two attached hydrogens (primary N) is 6. The summed E-state index contributed by atoms with van der Waals surface area (Å²) in [6, 6.07) is 11.4. The minimum Gasteiger partial charge on any atom is -0.451 e. The Bertz CT molecular complexity index is 5930. The summed E-state index contributed by atoms with van der Waals surface area (Å²) in [5.41, 5.74) is 47.2. The Morgan fingerprint density at radius 1 is 0.419 bits per heavy atom. The number of aryl methyl sites for hydroxylation is 7. The van der Waals surface area contributed by atoms with Gasteiger partial charge in [0, 0.05) is 141 Å². The van der Waals surface area contributed by atoms with Crippen molar-refractivity contribution >= 4 is 98.5 Å². The number of nitrogen functional groups attached to an aromatic ring is 6. The third kappa shape index (κ3) is 30.3. The van der Waals surface area contributed by atoms with Crippen molar-refractivity contribution in [2.75, 3.05) is 52.0 Å². The van der Waals surface area contributed by atoms with Crippen molar-refractivity contribution in [3.8, 4) is 81.4 Å². The van der Waals surface area contributed by atoms with Gasteiger partial charge in [-0.1, -0.05) is 120 Å². The maximum absolute atomic E-state index is 6.01. The number of thioether (sulfide) groups is 2. The number of aromatic nitrogens is 19. The Labute approximate surface area is 773 Å². The van der Waals surface area contributed by atoms with Gasteiger partial charge in [-0.3, -0.25) is 4.98 Å². The zero-order chi connectivity index (χ0) is 94.7. The lowest BCUT2D eigenvalue weighted by molar-refractivity contribution is 0.467. The fourth-order valence-corrected chi connectivity index (χ4v) is 14.8. The van der Waals surface area contributed by atoms with E-state index in [0.29, 0.717) is 128 Å². The van der Waals surface area contributed by atoms with Crippen LogP contribution in [0.25, 0.3) is 21.8 Å². The van der Waals surface area contributed by atoms with Crippen molar-refractivity contribution in [2.24, 2.45) is 0 Å². The van der Waals surface area contributed by atoms with Crippen molar-refractivity contribution in [3.05, 3.63) is 226 Å². The SMILES string of the molecule is C#Cc1cc(Cc2cnc(C)nc2N)c(C(=C)C)cn1.C#Cc1cc(Sc2cnc(C)nc2N)c(C(=C)C)cn1.CCNc1cc(Oc2cnc(C)nc2N)c(C(C)C)cn1.CCSc1cc(Oc2cnc(C)nc2N)c(C(C)C)cn1.Cc1ncc(Oc2cc(-c3ncc(C)s3)ncc2C(C)C)c(N)n1.Cc1ncc(Oc2cc(SC(C)(C)C)ncc2C(C)C)c(N)n1. The van der Waals surface area contributed by atoms with Gasteiger partial charge in [0.15, 0.2) is 46.3 Å². The van der Waals surface area contributed by atoms with E-state index in [-0.39, 0.29) is 16.6 Å². The summed E-state index contributed by atoms with van der Waals surface area (Å²) in [5, 5.41) is 5.89. The second-order valence-electron chi connectivity index (χ2n) is 31.4. The molecule has 0 aromatic carbocycles. The topological polar surface area (TPSA) is 450 Å². The van der Waals surface area contributed by atoms with Crippen LogP contribution in [0.15, 0.2) is 150 Å². The maximum atomic E-state index is 6.01. The number of anilines is 7. The first-order valence-electron chi connectivity index (χ1n) is 41.3. The highest BCUT2D eigenvalue weighted by Crippen LogP contribution is 2.42. The highest BCUT2D eigenvalue weighted by Gasteiger charge is 2.22. The minimum atomic E-state index is 0.0790. The van der Waals surface area contributed by atoms with Crippen LogP contribution in [0.4, 0.5) is 40.7 Å².